The number of rotatable bonds is 12. The molecule has 0 heterocycles. The summed E-state index contributed by atoms with van der Waals surface area (Å²) >= 11 is 0. The first-order valence-corrected chi connectivity index (χ1v) is 8.96. The van der Waals surface area contributed by atoms with Crippen LogP contribution >= 0.6 is 0 Å². The zero-order chi connectivity index (χ0) is 18.8. The number of amides is 1. The highest BCUT2D eigenvalue weighted by atomic mass is 16.3. The van der Waals surface area contributed by atoms with Crippen LogP contribution in [0.25, 0.3) is 0 Å². The molecule has 0 aliphatic heterocycles. The Balaban J connectivity index is 3.86. The summed E-state index contributed by atoms with van der Waals surface area (Å²) in [5, 5.41) is 12.7. The third-order valence-electron chi connectivity index (χ3n) is 3.31. The Labute approximate surface area is 153 Å². The number of carbonyl (C=O) groups excluding carboxylic acids is 1. The van der Waals surface area contributed by atoms with Crippen molar-refractivity contribution in [2.24, 2.45) is 0 Å². The van der Waals surface area contributed by atoms with E-state index in [2.05, 4.69) is 11.4 Å². The molecule has 0 rings (SSSR count). The minimum Gasteiger partial charge on any atom is -0.388 e. The van der Waals surface area contributed by atoms with Crippen LogP contribution in [0.3, 0.4) is 0 Å². The largest absolute Gasteiger partial charge is 0.388 e. The lowest BCUT2D eigenvalue weighted by Gasteiger charge is -2.22. The molecule has 0 spiro atoms. The molecule has 3 nitrogen and oxygen atoms in total. The first-order valence-electron chi connectivity index (χ1n) is 8.96. The summed E-state index contributed by atoms with van der Waals surface area (Å²) in [5.41, 5.74) is -0.836. The maximum Gasteiger partial charge on any atom is 0.244 e. The third kappa shape index (κ3) is 16.5. The van der Waals surface area contributed by atoms with Crippen molar-refractivity contribution >= 4 is 5.91 Å². The van der Waals surface area contributed by atoms with Gasteiger partial charge < -0.3 is 10.4 Å². The summed E-state index contributed by atoms with van der Waals surface area (Å²) in [6.45, 7) is 6.01. The highest BCUT2D eigenvalue weighted by Gasteiger charge is 2.18. The van der Waals surface area contributed by atoms with Crippen molar-refractivity contribution in [3.05, 3.63) is 72.9 Å². The summed E-state index contributed by atoms with van der Waals surface area (Å²) in [6, 6.07) is 0. The Kier molecular flexibility index (Phi) is 14.1. The van der Waals surface area contributed by atoms with Gasteiger partial charge >= 0.3 is 0 Å². The molecular formula is C22H33NO2. The molecule has 138 valence electrons. The van der Waals surface area contributed by atoms with E-state index >= 15 is 0 Å². The standard InChI is InChI=1S/C22H33NO2/c1-4-6-7-8-9-10-11-12-13-14-15-16-17-18-21(24)23-20-22(3,25)19-5-2/h4,6-12,15-18,25H,5,13-14,19-20H2,1-3H3,(H,23,24). The minimum atomic E-state index is -0.836. The van der Waals surface area contributed by atoms with Crippen LogP contribution in [-0.4, -0.2) is 23.2 Å². The van der Waals surface area contributed by atoms with Crippen molar-refractivity contribution in [1.82, 2.24) is 5.32 Å². The number of carbonyl (C=O) groups is 1. The quantitative estimate of drug-likeness (QED) is 0.304. The summed E-state index contributed by atoms with van der Waals surface area (Å²) in [6.07, 6.45) is 26.6. The molecule has 0 radical (unpaired) electrons. The van der Waals surface area contributed by atoms with Gasteiger partial charge in [0, 0.05) is 12.6 Å². The van der Waals surface area contributed by atoms with E-state index in [1.807, 2.05) is 68.5 Å². The van der Waals surface area contributed by atoms with Gasteiger partial charge in [-0.25, -0.2) is 0 Å². The molecule has 1 amide bonds. The lowest BCUT2D eigenvalue weighted by molar-refractivity contribution is -0.117. The van der Waals surface area contributed by atoms with Crippen molar-refractivity contribution in [2.75, 3.05) is 6.54 Å². The third-order valence-corrected chi connectivity index (χ3v) is 3.31. The second-order valence-corrected chi connectivity index (χ2v) is 6.05. The molecular weight excluding hydrogens is 310 g/mol. The maximum atomic E-state index is 11.6. The zero-order valence-electron chi connectivity index (χ0n) is 15.8. The predicted octanol–water partition coefficient (Wildman–Crippen LogP) is 4.79. The SMILES string of the molecule is CC=CC=CC=CC=CCCC=CC=CC(=O)NCC(C)(O)CCC. The van der Waals surface area contributed by atoms with Gasteiger partial charge in [0.05, 0.1) is 5.60 Å². The fraction of sp³-hybridized carbons (Fsp3) is 0.409. The molecule has 3 heteroatoms. The lowest BCUT2D eigenvalue weighted by atomic mass is 10.0. The topological polar surface area (TPSA) is 49.3 Å². The van der Waals surface area contributed by atoms with Gasteiger partial charge in [0.25, 0.3) is 0 Å². The summed E-state index contributed by atoms with van der Waals surface area (Å²) in [5.74, 6) is -0.183. The molecule has 0 saturated heterocycles. The Morgan fingerprint density at radius 1 is 0.960 bits per heavy atom. The van der Waals surface area contributed by atoms with Crippen molar-refractivity contribution in [3.63, 3.8) is 0 Å². The van der Waals surface area contributed by atoms with E-state index in [1.54, 1.807) is 13.0 Å². The first-order chi connectivity index (χ1) is 12.0. The van der Waals surface area contributed by atoms with Crippen LogP contribution in [0.15, 0.2) is 72.9 Å². The van der Waals surface area contributed by atoms with Gasteiger partial charge in [-0.2, -0.15) is 0 Å². The van der Waals surface area contributed by atoms with Crippen molar-refractivity contribution in [1.29, 1.82) is 0 Å². The molecule has 0 aliphatic carbocycles. The molecule has 1 unspecified atom stereocenters. The van der Waals surface area contributed by atoms with Crippen LogP contribution in [0.4, 0.5) is 0 Å². The minimum absolute atomic E-state index is 0.183. The van der Waals surface area contributed by atoms with Gasteiger partial charge in [-0.15, -0.1) is 0 Å². The number of hydrogen-bond donors (Lipinski definition) is 2. The van der Waals surface area contributed by atoms with E-state index in [1.165, 1.54) is 6.08 Å². The van der Waals surface area contributed by atoms with Crippen LogP contribution in [-0.2, 0) is 4.79 Å². The van der Waals surface area contributed by atoms with Crippen LogP contribution in [0, 0.1) is 0 Å². The normalized spacial score (nSPS) is 15.5. The second-order valence-electron chi connectivity index (χ2n) is 6.05. The smallest absolute Gasteiger partial charge is 0.244 e. The van der Waals surface area contributed by atoms with E-state index < -0.39 is 5.60 Å². The molecule has 0 aliphatic rings. The lowest BCUT2D eigenvalue weighted by Crippen LogP contribution is -2.39. The highest BCUT2D eigenvalue weighted by molar-refractivity contribution is 5.87. The van der Waals surface area contributed by atoms with E-state index in [9.17, 15) is 9.90 Å². The van der Waals surface area contributed by atoms with Gasteiger partial charge in [-0.3, -0.25) is 4.79 Å². The van der Waals surface area contributed by atoms with Gasteiger partial charge in [-0.1, -0.05) is 80.2 Å². The van der Waals surface area contributed by atoms with Crippen LogP contribution in [0.1, 0.15) is 46.5 Å². The molecule has 2 N–H and O–H groups in total. The van der Waals surface area contributed by atoms with E-state index in [4.69, 9.17) is 0 Å². The molecule has 1 atom stereocenters. The Bertz CT molecular complexity index is 520. The molecule has 0 aromatic rings. The molecule has 0 fully saturated rings. The van der Waals surface area contributed by atoms with Crippen LogP contribution in [0.2, 0.25) is 0 Å². The monoisotopic (exact) mass is 343 g/mol. The fourth-order valence-corrected chi connectivity index (χ4v) is 2.02. The second kappa shape index (κ2) is 15.4. The fourth-order valence-electron chi connectivity index (χ4n) is 2.02. The van der Waals surface area contributed by atoms with Gasteiger partial charge in [-0.05, 0) is 33.1 Å². The van der Waals surface area contributed by atoms with Crippen molar-refractivity contribution < 1.29 is 9.90 Å². The average molecular weight is 344 g/mol. The van der Waals surface area contributed by atoms with Crippen molar-refractivity contribution in [3.8, 4) is 0 Å². The maximum absolute atomic E-state index is 11.6. The summed E-state index contributed by atoms with van der Waals surface area (Å²) in [7, 11) is 0. The molecule has 0 aromatic carbocycles. The first kappa shape index (κ1) is 22.9. The van der Waals surface area contributed by atoms with Gasteiger partial charge in [0.2, 0.25) is 5.91 Å². The summed E-state index contributed by atoms with van der Waals surface area (Å²) in [4.78, 5) is 11.6. The van der Waals surface area contributed by atoms with E-state index in [0.717, 1.165) is 19.3 Å². The summed E-state index contributed by atoms with van der Waals surface area (Å²) < 4.78 is 0. The van der Waals surface area contributed by atoms with E-state index in [-0.39, 0.29) is 12.5 Å². The highest BCUT2D eigenvalue weighted by Crippen LogP contribution is 2.09. The Morgan fingerprint density at radius 2 is 1.52 bits per heavy atom. The predicted molar refractivity (Wildman–Crippen MR) is 108 cm³/mol. The number of unbranched alkanes of at least 4 members (excludes halogenated alkanes) is 1. The Morgan fingerprint density at radius 3 is 2.12 bits per heavy atom. The zero-order valence-corrected chi connectivity index (χ0v) is 15.8. The molecule has 25 heavy (non-hydrogen) atoms. The van der Waals surface area contributed by atoms with Crippen LogP contribution in [0.5, 0.6) is 0 Å². The number of aliphatic hydroxyl groups is 1. The number of allylic oxidation sites excluding steroid dienone is 11. The van der Waals surface area contributed by atoms with Crippen molar-refractivity contribution in [2.45, 2.75) is 52.1 Å². The Hall–Kier alpha value is -2.13. The number of hydrogen-bond acceptors (Lipinski definition) is 2. The molecule has 0 bridgehead atoms. The van der Waals surface area contributed by atoms with Gasteiger partial charge in [0.1, 0.15) is 0 Å². The molecule has 0 aromatic heterocycles. The molecule has 0 saturated carbocycles. The van der Waals surface area contributed by atoms with Crippen LogP contribution < -0.4 is 5.32 Å². The van der Waals surface area contributed by atoms with E-state index in [0.29, 0.717) is 6.42 Å². The average Bonchev–Trinajstić information content (AvgIpc) is 2.57. The number of nitrogens with one attached hydrogen (secondary N) is 1. The van der Waals surface area contributed by atoms with Gasteiger partial charge in [0.15, 0.2) is 0 Å².